The van der Waals surface area contributed by atoms with Crippen LogP contribution >= 0.6 is 12.2 Å². The summed E-state index contributed by atoms with van der Waals surface area (Å²) in [6, 6.07) is 11.9. The van der Waals surface area contributed by atoms with E-state index in [1.807, 2.05) is 24.3 Å². The van der Waals surface area contributed by atoms with Crippen molar-refractivity contribution >= 4 is 50.6 Å². The third kappa shape index (κ3) is 1.93. The van der Waals surface area contributed by atoms with Gasteiger partial charge in [0.25, 0.3) is 5.69 Å². The molecule has 1 heterocycles. The molecule has 0 aliphatic heterocycles. The first-order valence-corrected chi connectivity index (χ1v) is 6.16. The van der Waals surface area contributed by atoms with E-state index in [2.05, 4.69) is 27.4 Å². The minimum atomic E-state index is -0.445. The predicted octanol–water partition coefficient (Wildman–Crippen LogP) is 4.03. The zero-order chi connectivity index (χ0) is 14.1. The number of nitro benzene ring substituents is 1. The highest BCUT2D eigenvalue weighted by molar-refractivity contribution is 7.78. The van der Waals surface area contributed by atoms with Gasteiger partial charge in [-0.25, -0.2) is 4.98 Å². The van der Waals surface area contributed by atoms with Crippen molar-refractivity contribution in [3.63, 3.8) is 0 Å². The van der Waals surface area contributed by atoms with Gasteiger partial charge in [0.05, 0.1) is 26.8 Å². The van der Waals surface area contributed by atoms with E-state index in [0.717, 1.165) is 10.9 Å². The quantitative estimate of drug-likeness (QED) is 0.234. The van der Waals surface area contributed by atoms with Crippen LogP contribution in [0.15, 0.2) is 47.5 Å². The molecular formula is C14H7N3O2S. The van der Waals surface area contributed by atoms with Crippen molar-refractivity contribution in [2.45, 2.75) is 0 Å². The second-order valence-corrected chi connectivity index (χ2v) is 4.32. The Morgan fingerprint density at radius 1 is 1.15 bits per heavy atom. The van der Waals surface area contributed by atoms with Crippen LogP contribution in [0.2, 0.25) is 0 Å². The Labute approximate surface area is 118 Å². The number of benzene rings is 2. The van der Waals surface area contributed by atoms with E-state index in [1.165, 1.54) is 12.1 Å². The fourth-order valence-electron chi connectivity index (χ4n) is 2.14. The molecule has 1 aromatic heterocycles. The third-order valence-electron chi connectivity index (χ3n) is 3.00. The fourth-order valence-corrected chi connectivity index (χ4v) is 2.23. The predicted molar refractivity (Wildman–Crippen MR) is 80.6 cm³/mol. The van der Waals surface area contributed by atoms with Crippen LogP contribution < -0.4 is 0 Å². The average Bonchev–Trinajstić information content (AvgIpc) is 2.46. The van der Waals surface area contributed by atoms with Crippen LogP contribution in [-0.4, -0.2) is 15.1 Å². The van der Waals surface area contributed by atoms with Crippen molar-refractivity contribution in [3.05, 3.63) is 52.6 Å². The molecule has 20 heavy (non-hydrogen) atoms. The Balaban J connectivity index is 2.51. The Kier molecular flexibility index (Phi) is 2.95. The molecule has 0 spiro atoms. The molecule has 5 nitrogen and oxygen atoms in total. The number of para-hydroxylation sites is 1. The van der Waals surface area contributed by atoms with Gasteiger partial charge in [-0.15, -0.1) is 0 Å². The second kappa shape index (κ2) is 4.77. The minimum absolute atomic E-state index is 0.00426. The van der Waals surface area contributed by atoms with Crippen LogP contribution in [0.25, 0.3) is 21.8 Å². The molecule has 0 fully saturated rings. The van der Waals surface area contributed by atoms with E-state index in [9.17, 15) is 10.1 Å². The maximum absolute atomic E-state index is 10.9. The number of thiocarbonyl (C=S) groups is 1. The van der Waals surface area contributed by atoms with Crippen molar-refractivity contribution in [1.82, 2.24) is 4.98 Å². The normalized spacial score (nSPS) is 10.4. The molecule has 2 aromatic carbocycles. The number of rotatable bonds is 2. The van der Waals surface area contributed by atoms with E-state index in [4.69, 9.17) is 0 Å². The summed E-state index contributed by atoms with van der Waals surface area (Å²) in [5.74, 6) is 0. The van der Waals surface area contributed by atoms with Gasteiger partial charge in [0.1, 0.15) is 0 Å². The number of nitro groups is 1. The van der Waals surface area contributed by atoms with Crippen molar-refractivity contribution in [2.75, 3.05) is 0 Å². The molecule has 0 aliphatic rings. The molecule has 0 bridgehead atoms. The molecular weight excluding hydrogens is 274 g/mol. The van der Waals surface area contributed by atoms with Crippen LogP contribution in [0.5, 0.6) is 0 Å². The molecule has 0 radical (unpaired) electrons. The number of fused-ring (bicyclic) bond motifs is 2. The number of isothiocyanates is 1. The monoisotopic (exact) mass is 281 g/mol. The van der Waals surface area contributed by atoms with Crippen molar-refractivity contribution < 1.29 is 4.92 Å². The maximum atomic E-state index is 10.9. The molecule has 3 rings (SSSR count). The molecule has 0 aliphatic carbocycles. The van der Waals surface area contributed by atoms with Gasteiger partial charge in [0.15, 0.2) is 0 Å². The highest BCUT2D eigenvalue weighted by Crippen LogP contribution is 2.34. The third-order valence-corrected chi connectivity index (χ3v) is 3.09. The first kappa shape index (κ1) is 12.3. The zero-order valence-corrected chi connectivity index (χ0v) is 10.9. The number of non-ortho nitro benzene ring substituents is 1. The van der Waals surface area contributed by atoms with E-state index in [1.54, 1.807) is 6.07 Å². The summed E-state index contributed by atoms with van der Waals surface area (Å²) >= 11 is 4.67. The molecule has 3 aromatic rings. The minimum Gasteiger partial charge on any atom is -0.258 e. The Bertz CT molecular complexity index is 901. The SMILES string of the molecule is O=[N+]([O-])c1ccc2nc3ccccc3c(N=C=S)c2c1. The number of aromatic nitrogens is 1. The summed E-state index contributed by atoms with van der Waals surface area (Å²) in [6.45, 7) is 0. The Morgan fingerprint density at radius 3 is 2.65 bits per heavy atom. The van der Waals surface area contributed by atoms with E-state index >= 15 is 0 Å². The summed E-state index contributed by atoms with van der Waals surface area (Å²) in [6.07, 6.45) is 0. The number of aliphatic imine (C=N–C) groups is 1. The Hall–Kier alpha value is -2.69. The Morgan fingerprint density at radius 2 is 1.90 bits per heavy atom. The molecule has 6 heteroatoms. The summed E-state index contributed by atoms with van der Waals surface area (Å²) in [7, 11) is 0. The molecule has 0 atom stereocenters. The van der Waals surface area contributed by atoms with E-state index < -0.39 is 4.92 Å². The first-order valence-electron chi connectivity index (χ1n) is 5.75. The second-order valence-electron chi connectivity index (χ2n) is 4.14. The maximum Gasteiger partial charge on any atom is 0.270 e. The topological polar surface area (TPSA) is 68.4 Å². The van der Waals surface area contributed by atoms with Crippen molar-refractivity contribution in [1.29, 1.82) is 0 Å². The smallest absolute Gasteiger partial charge is 0.258 e. The molecule has 0 saturated heterocycles. The number of hydrogen-bond donors (Lipinski definition) is 0. The molecule has 0 N–H and O–H groups in total. The summed E-state index contributed by atoms with van der Waals surface area (Å²) in [5, 5.41) is 14.6. The largest absolute Gasteiger partial charge is 0.270 e. The van der Waals surface area contributed by atoms with Crippen LogP contribution in [0, 0.1) is 10.1 Å². The van der Waals surface area contributed by atoms with E-state index in [0.29, 0.717) is 16.6 Å². The van der Waals surface area contributed by atoms with Crippen molar-refractivity contribution in [2.24, 2.45) is 4.99 Å². The van der Waals surface area contributed by atoms with Gasteiger partial charge < -0.3 is 0 Å². The number of pyridine rings is 1. The zero-order valence-electron chi connectivity index (χ0n) is 10.1. The molecule has 0 saturated carbocycles. The lowest BCUT2D eigenvalue weighted by Gasteiger charge is -2.05. The lowest BCUT2D eigenvalue weighted by molar-refractivity contribution is -0.384. The van der Waals surface area contributed by atoms with Gasteiger partial charge in [-0.2, -0.15) is 4.99 Å². The van der Waals surface area contributed by atoms with Crippen LogP contribution in [-0.2, 0) is 0 Å². The van der Waals surface area contributed by atoms with E-state index in [-0.39, 0.29) is 5.69 Å². The standard InChI is InChI=1S/C14H7N3O2S/c18-17(19)9-5-6-13-11(7-9)14(15-8-20)10-3-1-2-4-12(10)16-13/h1-7H. The average molecular weight is 281 g/mol. The first-order chi connectivity index (χ1) is 9.70. The lowest BCUT2D eigenvalue weighted by atomic mass is 10.1. The molecule has 96 valence electrons. The van der Waals surface area contributed by atoms with Crippen LogP contribution in [0.4, 0.5) is 11.4 Å². The van der Waals surface area contributed by atoms with Crippen molar-refractivity contribution in [3.8, 4) is 0 Å². The van der Waals surface area contributed by atoms with Gasteiger partial charge >= 0.3 is 0 Å². The van der Waals surface area contributed by atoms with Gasteiger partial charge in [-0.3, -0.25) is 10.1 Å². The van der Waals surface area contributed by atoms with Crippen LogP contribution in [0.3, 0.4) is 0 Å². The molecule has 0 amide bonds. The van der Waals surface area contributed by atoms with Crippen LogP contribution in [0.1, 0.15) is 0 Å². The fraction of sp³-hybridized carbons (Fsp3) is 0. The highest BCUT2D eigenvalue weighted by atomic mass is 32.1. The molecule has 0 unspecified atom stereocenters. The van der Waals surface area contributed by atoms with Gasteiger partial charge in [-0.05, 0) is 24.4 Å². The lowest BCUT2D eigenvalue weighted by Crippen LogP contribution is -1.89. The van der Waals surface area contributed by atoms with Gasteiger partial charge in [0, 0.05) is 22.9 Å². The van der Waals surface area contributed by atoms with Gasteiger partial charge in [-0.1, -0.05) is 18.2 Å². The van der Waals surface area contributed by atoms with Gasteiger partial charge in [0.2, 0.25) is 0 Å². The number of hydrogen-bond acceptors (Lipinski definition) is 5. The highest BCUT2D eigenvalue weighted by Gasteiger charge is 2.12. The summed E-state index contributed by atoms with van der Waals surface area (Å²) in [4.78, 5) is 19.0. The number of nitrogens with zero attached hydrogens (tertiary/aromatic N) is 3. The summed E-state index contributed by atoms with van der Waals surface area (Å²) in [5.41, 5.74) is 1.95. The summed E-state index contributed by atoms with van der Waals surface area (Å²) < 4.78 is 0.